The molecular weight excluding hydrogens is 244 g/mol. The third-order valence-corrected chi connectivity index (χ3v) is 3.74. The average Bonchev–Trinajstić information content (AvgIpc) is 2.30. The highest BCUT2D eigenvalue weighted by atomic mass is 16.4. The summed E-state index contributed by atoms with van der Waals surface area (Å²) >= 11 is 0. The van der Waals surface area contributed by atoms with E-state index in [2.05, 4.69) is 6.07 Å². The molecule has 0 amide bonds. The van der Waals surface area contributed by atoms with Gasteiger partial charge in [-0.05, 0) is 61.9 Å². The number of carboxylic acids is 2. The van der Waals surface area contributed by atoms with E-state index in [-0.39, 0.29) is 12.8 Å². The van der Waals surface area contributed by atoms with Crippen LogP contribution in [0, 0.1) is 33.6 Å². The fourth-order valence-corrected chi connectivity index (χ4v) is 2.31. The molecule has 1 unspecified atom stereocenters. The van der Waals surface area contributed by atoms with Crippen molar-refractivity contribution in [3.05, 3.63) is 33.9 Å². The van der Waals surface area contributed by atoms with Gasteiger partial charge in [0.2, 0.25) is 0 Å². The highest BCUT2D eigenvalue weighted by Gasteiger charge is 2.23. The Morgan fingerprint density at radius 1 is 1.05 bits per heavy atom. The minimum absolute atomic E-state index is 0.266. The summed E-state index contributed by atoms with van der Waals surface area (Å²) in [6.45, 7) is 7.88. The molecule has 4 nitrogen and oxygen atoms in total. The predicted octanol–water partition coefficient (Wildman–Crippen LogP) is 2.64. The molecule has 1 aromatic rings. The summed E-state index contributed by atoms with van der Waals surface area (Å²) in [5.74, 6) is -3.01. The van der Waals surface area contributed by atoms with Gasteiger partial charge in [0.1, 0.15) is 0 Å². The lowest BCUT2D eigenvalue weighted by Crippen LogP contribution is -2.21. The Labute approximate surface area is 113 Å². The number of rotatable bonds is 5. The van der Waals surface area contributed by atoms with Gasteiger partial charge >= 0.3 is 11.9 Å². The van der Waals surface area contributed by atoms with Crippen LogP contribution in [0.1, 0.15) is 34.2 Å². The van der Waals surface area contributed by atoms with Gasteiger partial charge in [0, 0.05) is 0 Å². The third kappa shape index (κ3) is 3.56. The Bertz CT molecular complexity index is 491. The summed E-state index contributed by atoms with van der Waals surface area (Å²) < 4.78 is 0. The van der Waals surface area contributed by atoms with E-state index >= 15 is 0 Å². The smallest absolute Gasteiger partial charge is 0.307 e. The van der Waals surface area contributed by atoms with Crippen LogP contribution in [0.3, 0.4) is 0 Å². The molecule has 0 bridgehead atoms. The summed E-state index contributed by atoms with van der Waals surface area (Å²) in [4.78, 5) is 21.9. The molecule has 0 radical (unpaired) electrons. The molecule has 4 heteroatoms. The van der Waals surface area contributed by atoms with Gasteiger partial charge in [0.05, 0.1) is 12.3 Å². The minimum atomic E-state index is -1.08. The van der Waals surface area contributed by atoms with Crippen LogP contribution >= 0.6 is 0 Å². The fraction of sp³-hybridized carbons (Fsp3) is 0.467. The first kappa shape index (κ1) is 15.2. The van der Waals surface area contributed by atoms with Crippen LogP contribution in [0.4, 0.5) is 0 Å². The second-order valence-electron chi connectivity index (χ2n) is 5.08. The Kier molecular flexibility index (Phi) is 4.70. The van der Waals surface area contributed by atoms with Crippen LogP contribution in [-0.4, -0.2) is 22.2 Å². The predicted molar refractivity (Wildman–Crippen MR) is 72.5 cm³/mol. The summed E-state index contributed by atoms with van der Waals surface area (Å²) in [6.07, 6.45) is -0.0803. The number of carboxylic acid groups (broad SMARTS) is 2. The number of carbonyl (C=O) groups is 2. The number of aryl methyl sites for hydroxylation is 2. The fourth-order valence-electron chi connectivity index (χ4n) is 2.31. The Morgan fingerprint density at radius 2 is 1.53 bits per heavy atom. The standard InChI is InChI=1S/C15H20O4/c1-8-5-9(2)11(4)13(10(8)3)6-12(15(18)19)7-14(16)17/h5,12H,6-7H2,1-4H3,(H,16,17)(H,18,19). The molecular formula is C15H20O4. The zero-order valence-electron chi connectivity index (χ0n) is 11.8. The molecule has 0 saturated heterocycles. The molecule has 0 saturated carbocycles. The summed E-state index contributed by atoms with van der Waals surface area (Å²) in [6, 6.07) is 2.07. The second kappa shape index (κ2) is 5.87. The molecule has 0 aromatic heterocycles. The lowest BCUT2D eigenvalue weighted by atomic mass is 9.87. The number of hydrogen-bond donors (Lipinski definition) is 2. The Balaban J connectivity index is 3.16. The van der Waals surface area contributed by atoms with E-state index in [0.29, 0.717) is 0 Å². The minimum Gasteiger partial charge on any atom is -0.481 e. The van der Waals surface area contributed by atoms with Crippen molar-refractivity contribution in [1.82, 2.24) is 0 Å². The summed E-state index contributed by atoms with van der Waals surface area (Å²) in [5, 5.41) is 17.9. The molecule has 2 N–H and O–H groups in total. The zero-order chi connectivity index (χ0) is 14.7. The summed E-state index contributed by atoms with van der Waals surface area (Å²) in [7, 11) is 0. The molecule has 0 aliphatic rings. The van der Waals surface area contributed by atoms with Crippen LogP contribution in [0.5, 0.6) is 0 Å². The molecule has 1 atom stereocenters. The molecule has 0 fully saturated rings. The van der Waals surface area contributed by atoms with E-state index < -0.39 is 17.9 Å². The van der Waals surface area contributed by atoms with Crippen LogP contribution in [0.15, 0.2) is 6.07 Å². The van der Waals surface area contributed by atoms with E-state index in [1.165, 1.54) is 0 Å². The van der Waals surface area contributed by atoms with Gasteiger partial charge in [0.25, 0.3) is 0 Å². The maximum atomic E-state index is 11.2. The van der Waals surface area contributed by atoms with E-state index in [0.717, 1.165) is 27.8 Å². The Morgan fingerprint density at radius 3 is 1.89 bits per heavy atom. The maximum absolute atomic E-state index is 11.2. The van der Waals surface area contributed by atoms with Gasteiger partial charge in [-0.3, -0.25) is 9.59 Å². The van der Waals surface area contributed by atoms with Crippen molar-refractivity contribution in [1.29, 1.82) is 0 Å². The van der Waals surface area contributed by atoms with Gasteiger partial charge in [-0.15, -0.1) is 0 Å². The molecule has 0 aliphatic carbocycles. The second-order valence-corrected chi connectivity index (χ2v) is 5.08. The van der Waals surface area contributed by atoms with E-state index in [1.54, 1.807) is 0 Å². The first-order valence-corrected chi connectivity index (χ1v) is 6.25. The van der Waals surface area contributed by atoms with Gasteiger partial charge in [-0.1, -0.05) is 6.07 Å². The monoisotopic (exact) mass is 264 g/mol. The average molecular weight is 264 g/mol. The van der Waals surface area contributed by atoms with Crippen molar-refractivity contribution >= 4 is 11.9 Å². The van der Waals surface area contributed by atoms with Crippen molar-refractivity contribution < 1.29 is 19.8 Å². The van der Waals surface area contributed by atoms with E-state index in [4.69, 9.17) is 10.2 Å². The first-order chi connectivity index (χ1) is 8.73. The third-order valence-electron chi connectivity index (χ3n) is 3.74. The highest BCUT2D eigenvalue weighted by Crippen LogP contribution is 2.25. The SMILES string of the molecule is Cc1cc(C)c(C)c(CC(CC(=O)O)C(=O)O)c1C. The van der Waals surface area contributed by atoms with Crippen LogP contribution in [0.2, 0.25) is 0 Å². The lowest BCUT2D eigenvalue weighted by Gasteiger charge is -2.18. The van der Waals surface area contributed by atoms with Crippen molar-refractivity contribution in [3.8, 4) is 0 Å². The number of benzene rings is 1. The van der Waals surface area contributed by atoms with Gasteiger partial charge in [0.15, 0.2) is 0 Å². The topological polar surface area (TPSA) is 74.6 Å². The van der Waals surface area contributed by atoms with Crippen LogP contribution in [0.25, 0.3) is 0 Å². The largest absolute Gasteiger partial charge is 0.481 e. The quantitative estimate of drug-likeness (QED) is 0.857. The van der Waals surface area contributed by atoms with E-state index in [9.17, 15) is 9.59 Å². The molecule has 1 aromatic carbocycles. The highest BCUT2D eigenvalue weighted by molar-refractivity contribution is 5.78. The van der Waals surface area contributed by atoms with Gasteiger partial charge in [-0.2, -0.15) is 0 Å². The van der Waals surface area contributed by atoms with Crippen LogP contribution in [-0.2, 0) is 16.0 Å². The van der Waals surface area contributed by atoms with Crippen molar-refractivity contribution in [2.24, 2.45) is 5.92 Å². The lowest BCUT2D eigenvalue weighted by molar-refractivity contribution is -0.148. The maximum Gasteiger partial charge on any atom is 0.307 e. The normalized spacial score (nSPS) is 12.2. The van der Waals surface area contributed by atoms with Gasteiger partial charge < -0.3 is 10.2 Å². The molecule has 0 aliphatic heterocycles. The summed E-state index contributed by atoms with van der Waals surface area (Å²) in [5.41, 5.74) is 5.29. The van der Waals surface area contributed by atoms with Crippen molar-refractivity contribution in [3.63, 3.8) is 0 Å². The Hall–Kier alpha value is -1.84. The van der Waals surface area contributed by atoms with Crippen LogP contribution < -0.4 is 0 Å². The molecule has 0 heterocycles. The first-order valence-electron chi connectivity index (χ1n) is 6.25. The molecule has 104 valence electrons. The van der Waals surface area contributed by atoms with Gasteiger partial charge in [-0.25, -0.2) is 0 Å². The van der Waals surface area contributed by atoms with Crippen molar-refractivity contribution in [2.75, 3.05) is 0 Å². The zero-order valence-corrected chi connectivity index (χ0v) is 11.8. The van der Waals surface area contributed by atoms with E-state index in [1.807, 2.05) is 27.7 Å². The number of aliphatic carboxylic acids is 2. The molecule has 0 spiro atoms. The van der Waals surface area contributed by atoms with Crippen molar-refractivity contribution in [2.45, 2.75) is 40.5 Å². The molecule has 19 heavy (non-hydrogen) atoms. The number of hydrogen-bond acceptors (Lipinski definition) is 2. The molecule has 1 rings (SSSR count).